The Balaban J connectivity index is 2.84. The number of rotatable bonds is 3. The SMILES string of the molecule is CC(C)(Cc1ccccc1)C(=O)C(F)(F)F. The minimum Gasteiger partial charge on any atom is -0.289 e. The molecule has 0 saturated heterocycles. The predicted octanol–water partition coefficient (Wildman–Crippen LogP) is 3.39. The lowest BCUT2D eigenvalue weighted by Gasteiger charge is -2.24. The second kappa shape index (κ2) is 4.28. The molecule has 16 heavy (non-hydrogen) atoms. The van der Waals surface area contributed by atoms with Crippen molar-refractivity contribution in [1.29, 1.82) is 0 Å². The third-order valence-corrected chi connectivity index (χ3v) is 2.36. The molecule has 0 amide bonds. The van der Waals surface area contributed by atoms with Gasteiger partial charge in [-0.3, -0.25) is 4.79 Å². The Morgan fingerprint density at radius 2 is 1.62 bits per heavy atom. The number of Topliss-reactive ketones (excluding diaryl/α,β-unsaturated/α-hetero) is 1. The fourth-order valence-corrected chi connectivity index (χ4v) is 1.57. The number of carbonyl (C=O) groups is 1. The lowest BCUT2D eigenvalue weighted by atomic mass is 9.81. The van der Waals surface area contributed by atoms with E-state index in [-0.39, 0.29) is 6.42 Å². The van der Waals surface area contributed by atoms with Gasteiger partial charge in [-0.1, -0.05) is 44.2 Å². The Bertz CT molecular complexity index is 366. The molecule has 0 bridgehead atoms. The zero-order valence-electron chi connectivity index (χ0n) is 9.14. The topological polar surface area (TPSA) is 17.1 Å². The Hall–Kier alpha value is -1.32. The fraction of sp³-hybridized carbons (Fsp3) is 0.417. The maximum Gasteiger partial charge on any atom is 0.450 e. The summed E-state index contributed by atoms with van der Waals surface area (Å²) in [6, 6.07) is 8.69. The van der Waals surface area contributed by atoms with Crippen molar-refractivity contribution in [1.82, 2.24) is 0 Å². The second-order valence-corrected chi connectivity index (χ2v) is 4.37. The third-order valence-electron chi connectivity index (χ3n) is 2.36. The highest BCUT2D eigenvalue weighted by Gasteiger charge is 2.47. The molecule has 0 atom stereocenters. The smallest absolute Gasteiger partial charge is 0.289 e. The monoisotopic (exact) mass is 230 g/mol. The van der Waals surface area contributed by atoms with Crippen molar-refractivity contribution in [3.8, 4) is 0 Å². The number of hydrogen-bond donors (Lipinski definition) is 0. The zero-order chi connectivity index (χ0) is 12.4. The van der Waals surface area contributed by atoms with Gasteiger partial charge in [0.05, 0.1) is 0 Å². The zero-order valence-corrected chi connectivity index (χ0v) is 9.14. The summed E-state index contributed by atoms with van der Waals surface area (Å²) in [5.74, 6) is -1.68. The van der Waals surface area contributed by atoms with E-state index in [4.69, 9.17) is 0 Å². The average Bonchev–Trinajstić information content (AvgIpc) is 2.16. The number of halogens is 3. The van der Waals surface area contributed by atoms with Gasteiger partial charge in [0.2, 0.25) is 5.78 Å². The van der Waals surface area contributed by atoms with Gasteiger partial charge < -0.3 is 0 Å². The number of alkyl halides is 3. The van der Waals surface area contributed by atoms with Crippen LogP contribution in [0, 0.1) is 5.41 Å². The van der Waals surface area contributed by atoms with Crippen LogP contribution < -0.4 is 0 Å². The molecule has 1 nitrogen and oxygen atoms in total. The number of hydrogen-bond acceptors (Lipinski definition) is 1. The van der Waals surface area contributed by atoms with Crippen molar-refractivity contribution in [2.45, 2.75) is 26.4 Å². The molecule has 4 heteroatoms. The molecular formula is C12H13F3O. The first kappa shape index (κ1) is 12.7. The van der Waals surface area contributed by atoms with Crippen LogP contribution in [-0.4, -0.2) is 12.0 Å². The van der Waals surface area contributed by atoms with Gasteiger partial charge in [0, 0.05) is 5.41 Å². The summed E-state index contributed by atoms with van der Waals surface area (Å²) in [5, 5.41) is 0. The van der Waals surface area contributed by atoms with E-state index >= 15 is 0 Å². The summed E-state index contributed by atoms with van der Waals surface area (Å²) in [6.45, 7) is 2.63. The molecule has 0 unspecified atom stereocenters. The van der Waals surface area contributed by atoms with Crippen LogP contribution in [0.3, 0.4) is 0 Å². The Morgan fingerprint density at radius 3 is 2.06 bits per heavy atom. The summed E-state index contributed by atoms with van der Waals surface area (Å²) in [7, 11) is 0. The van der Waals surface area contributed by atoms with E-state index in [2.05, 4.69) is 0 Å². The van der Waals surface area contributed by atoms with Gasteiger partial charge in [-0.15, -0.1) is 0 Å². The molecule has 0 aliphatic rings. The molecule has 88 valence electrons. The maximum absolute atomic E-state index is 12.3. The molecule has 1 rings (SSSR count). The second-order valence-electron chi connectivity index (χ2n) is 4.37. The van der Waals surface area contributed by atoms with Crippen LogP contribution in [0.4, 0.5) is 13.2 Å². The first-order valence-electron chi connectivity index (χ1n) is 4.89. The third kappa shape index (κ3) is 3.08. The van der Waals surface area contributed by atoms with Gasteiger partial charge in [0.25, 0.3) is 0 Å². The van der Waals surface area contributed by atoms with Crippen molar-refractivity contribution in [2.24, 2.45) is 5.41 Å². The van der Waals surface area contributed by atoms with Crippen LogP contribution >= 0.6 is 0 Å². The van der Waals surface area contributed by atoms with Crippen LogP contribution in [0.25, 0.3) is 0 Å². The molecule has 0 spiro atoms. The molecule has 0 radical (unpaired) electrons. The van der Waals surface area contributed by atoms with Crippen LogP contribution in [0.15, 0.2) is 30.3 Å². The molecule has 1 aromatic carbocycles. The molecule has 0 aliphatic carbocycles. The minimum atomic E-state index is -4.77. The Kier molecular flexibility index (Phi) is 3.41. The summed E-state index contributed by atoms with van der Waals surface area (Å²) in [6.07, 6.45) is -4.68. The standard InChI is InChI=1S/C12H13F3O/c1-11(2,10(16)12(13,14)15)8-9-6-4-3-5-7-9/h3-7H,8H2,1-2H3. The van der Waals surface area contributed by atoms with Gasteiger partial charge in [0.1, 0.15) is 0 Å². The fourth-order valence-electron chi connectivity index (χ4n) is 1.57. The first-order valence-corrected chi connectivity index (χ1v) is 4.89. The molecule has 0 heterocycles. The molecule has 0 saturated carbocycles. The highest BCUT2D eigenvalue weighted by molar-refractivity contribution is 5.89. The molecule has 1 aromatic rings. The predicted molar refractivity (Wildman–Crippen MR) is 55.0 cm³/mol. The van der Waals surface area contributed by atoms with Crippen LogP contribution in [0.1, 0.15) is 19.4 Å². The first-order chi connectivity index (χ1) is 7.23. The highest BCUT2D eigenvalue weighted by Crippen LogP contribution is 2.31. The van der Waals surface area contributed by atoms with Gasteiger partial charge >= 0.3 is 6.18 Å². The quantitative estimate of drug-likeness (QED) is 0.777. The van der Waals surface area contributed by atoms with E-state index in [0.717, 1.165) is 5.56 Å². The van der Waals surface area contributed by atoms with Crippen LogP contribution in [0.5, 0.6) is 0 Å². The van der Waals surface area contributed by atoms with Crippen molar-refractivity contribution >= 4 is 5.78 Å². The van der Waals surface area contributed by atoms with E-state index in [1.54, 1.807) is 30.3 Å². The largest absolute Gasteiger partial charge is 0.450 e. The van der Waals surface area contributed by atoms with Gasteiger partial charge in [-0.25, -0.2) is 0 Å². The summed E-state index contributed by atoms with van der Waals surface area (Å²) in [4.78, 5) is 11.2. The van der Waals surface area contributed by atoms with Gasteiger partial charge in [0.15, 0.2) is 0 Å². The van der Waals surface area contributed by atoms with Gasteiger partial charge in [-0.2, -0.15) is 13.2 Å². The van der Waals surface area contributed by atoms with E-state index in [0.29, 0.717) is 0 Å². The molecule has 0 fully saturated rings. The van der Waals surface area contributed by atoms with Crippen molar-refractivity contribution < 1.29 is 18.0 Å². The number of carbonyl (C=O) groups excluding carboxylic acids is 1. The average molecular weight is 230 g/mol. The summed E-state index contributed by atoms with van der Waals surface area (Å²) < 4.78 is 36.9. The maximum atomic E-state index is 12.3. The van der Waals surface area contributed by atoms with Crippen molar-refractivity contribution in [3.05, 3.63) is 35.9 Å². The van der Waals surface area contributed by atoms with Crippen molar-refractivity contribution in [3.63, 3.8) is 0 Å². The Labute approximate surface area is 92.3 Å². The van der Waals surface area contributed by atoms with E-state index < -0.39 is 17.4 Å². The minimum absolute atomic E-state index is 0.0895. The van der Waals surface area contributed by atoms with Crippen molar-refractivity contribution in [2.75, 3.05) is 0 Å². The normalized spacial score (nSPS) is 12.6. The van der Waals surface area contributed by atoms with Gasteiger partial charge in [-0.05, 0) is 12.0 Å². The number of ketones is 1. The Morgan fingerprint density at radius 1 is 1.12 bits per heavy atom. The molecule has 0 aromatic heterocycles. The van der Waals surface area contributed by atoms with Crippen LogP contribution in [-0.2, 0) is 11.2 Å². The summed E-state index contributed by atoms with van der Waals surface area (Å²) >= 11 is 0. The van der Waals surface area contributed by atoms with E-state index in [9.17, 15) is 18.0 Å². The summed E-state index contributed by atoms with van der Waals surface area (Å²) in [5.41, 5.74) is -0.690. The molecule has 0 aliphatic heterocycles. The molecular weight excluding hydrogens is 217 g/mol. The number of benzene rings is 1. The van der Waals surface area contributed by atoms with Crippen LogP contribution in [0.2, 0.25) is 0 Å². The lowest BCUT2D eigenvalue weighted by molar-refractivity contribution is -0.180. The van der Waals surface area contributed by atoms with E-state index in [1.807, 2.05) is 0 Å². The lowest BCUT2D eigenvalue weighted by Crippen LogP contribution is -2.38. The highest BCUT2D eigenvalue weighted by atomic mass is 19.4. The van der Waals surface area contributed by atoms with E-state index in [1.165, 1.54) is 13.8 Å². The molecule has 0 N–H and O–H groups in total.